The van der Waals surface area contributed by atoms with Gasteiger partial charge in [0.1, 0.15) is 11.3 Å². The van der Waals surface area contributed by atoms with Crippen molar-refractivity contribution in [3.8, 4) is 11.6 Å². The molecule has 1 aromatic carbocycles. The lowest BCUT2D eigenvalue weighted by Crippen LogP contribution is -2.21. The maximum absolute atomic E-state index is 12.1. The number of nitrogens with one attached hydrogen (secondary N) is 3. The molecule has 2 heterocycles. The van der Waals surface area contributed by atoms with Crippen molar-refractivity contribution in [2.75, 3.05) is 0 Å². The summed E-state index contributed by atoms with van der Waals surface area (Å²) in [6, 6.07) is 8.67. The van der Waals surface area contributed by atoms with Crippen LogP contribution in [0.2, 0.25) is 0 Å². The molecule has 0 saturated carbocycles. The summed E-state index contributed by atoms with van der Waals surface area (Å²) in [7, 11) is 0. The molecule has 0 fully saturated rings. The lowest BCUT2D eigenvalue weighted by Gasteiger charge is -2.10. The van der Waals surface area contributed by atoms with Gasteiger partial charge >= 0.3 is 5.69 Å². The van der Waals surface area contributed by atoms with E-state index in [1.165, 1.54) is 4.57 Å². The zero-order valence-corrected chi connectivity index (χ0v) is 13.3. The number of rotatable bonds is 3. The highest BCUT2D eigenvalue weighted by Gasteiger charge is 2.12. The summed E-state index contributed by atoms with van der Waals surface area (Å²) in [4.78, 5) is 45.2. The molecule has 0 saturated heterocycles. The molecule has 0 spiro atoms. The molecular formula is C15H11N5O4S. The molecule has 0 aliphatic carbocycles. The van der Waals surface area contributed by atoms with Crippen LogP contribution in [0.15, 0.2) is 55.9 Å². The molecule has 3 rings (SSSR count). The number of H-pyrrole nitrogens is 3. The van der Waals surface area contributed by atoms with E-state index in [-0.39, 0.29) is 16.0 Å². The Hall–Kier alpha value is -3.53. The molecule has 2 aromatic heterocycles. The summed E-state index contributed by atoms with van der Waals surface area (Å²) in [5.41, 5.74) is -1.86. The Morgan fingerprint density at radius 2 is 1.80 bits per heavy atom. The van der Waals surface area contributed by atoms with Crippen molar-refractivity contribution in [2.45, 2.75) is 0 Å². The predicted molar refractivity (Wildman–Crippen MR) is 93.8 cm³/mol. The van der Waals surface area contributed by atoms with Gasteiger partial charge in [0.2, 0.25) is 5.88 Å². The van der Waals surface area contributed by atoms with E-state index in [0.717, 1.165) is 12.4 Å². The summed E-state index contributed by atoms with van der Waals surface area (Å²) in [6.45, 7) is 0. The van der Waals surface area contributed by atoms with Gasteiger partial charge in [-0.3, -0.25) is 24.1 Å². The number of aromatic nitrogens is 4. The number of hydrogen-bond donors (Lipinski definition) is 4. The standard InChI is InChI=1S/C15H11N5O4S/c21-11-9(6-16-10-7-17-14(24)18-12(10)22)13(23)20(15(25)19-11)8-4-2-1-3-5-8/h1-7,23H,(H,19,21,25)(H2,17,18,22,24). The van der Waals surface area contributed by atoms with Gasteiger partial charge in [-0.15, -0.1) is 0 Å². The highest BCUT2D eigenvalue weighted by Crippen LogP contribution is 2.18. The van der Waals surface area contributed by atoms with Crippen LogP contribution in [0.4, 0.5) is 5.69 Å². The third-order valence-corrected chi connectivity index (χ3v) is 3.55. The van der Waals surface area contributed by atoms with Crippen molar-refractivity contribution >= 4 is 24.1 Å². The highest BCUT2D eigenvalue weighted by atomic mass is 32.1. The monoisotopic (exact) mass is 357 g/mol. The lowest BCUT2D eigenvalue weighted by molar-refractivity contribution is 0.432. The molecule has 0 aliphatic heterocycles. The van der Waals surface area contributed by atoms with Crippen molar-refractivity contribution < 1.29 is 5.11 Å². The first-order chi connectivity index (χ1) is 12.0. The molecule has 0 bridgehead atoms. The van der Waals surface area contributed by atoms with E-state index in [4.69, 9.17) is 12.2 Å². The molecule has 9 nitrogen and oxygen atoms in total. The van der Waals surface area contributed by atoms with Gasteiger partial charge in [0.15, 0.2) is 4.77 Å². The Balaban J connectivity index is 2.16. The molecule has 0 atom stereocenters. The van der Waals surface area contributed by atoms with E-state index < -0.39 is 22.7 Å². The number of aromatic hydroxyl groups is 1. The number of aromatic amines is 3. The Bertz CT molecular complexity index is 1190. The molecule has 10 heteroatoms. The van der Waals surface area contributed by atoms with Gasteiger partial charge in [-0.1, -0.05) is 18.2 Å². The molecule has 0 radical (unpaired) electrons. The second kappa shape index (κ2) is 6.53. The van der Waals surface area contributed by atoms with E-state index >= 15 is 0 Å². The molecule has 3 aromatic rings. The second-order valence-corrected chi connectivity index (χ2v) is 5.27. The Kier molecular flexibility index (Phi) is 4.27. The quantitative estimate of drug-likeness (QED) is 0.405. The van der Waals surface area contributed by atoms with Gasteiger partial charge in [0, 0.05) is 12.4 Å². The largest absolute Gasteiger partial charge is 0.494 e. The minimum absolute atomic E-state index is 0.00717. The lowest BCUT2D eigenvalue weighted by atomic mass is 10.3. The average molecular weight is 357 g/mol. The van der Waals surface area contributed by atoms with Gasteiger partial charge in [0.25, 0.3) is 11.1 Å². The molecular weight excluding hydrogens is 346 g/mol. The van der Waals surface area contributed by atoms with Crippen molar-refractivity contribution in [3.05, 3.63) is 78.1 Å². The maximum atomic E-state index is 12.1. The minimum atomic E-state index is -0.730. The summed E-state index contributed by atoms with van der Waals surface area (Å²) in [5.74, 6) is -0.426. The van der Waals surface area contributed by atoms with Crippen molar-refractivity contribution in [1.29, 1.82) is 0 Å². The third kappa shape index (κ3) is 3.23. The fraction of sp³-hybridized carbons (Fsp3) is 0. The second-order valence-electron chi connectivity index (χ2n) is 4.88. The topological polar surface area (TPSA) is 136 Å². The highest BCUT2D eigenvalue weighted by molar-refractivity contribution is 7.71. The van der Waals surface area contributed by atoms with E-state index in [1.54, 1.807) is 30.3 Å². The fourth-order valence-corrected chi connectivity index (χ4v) is 2.39. The average Bonchev–Trinajstić information content (AvgIpc) is 2.57. The van der Waals surface area contributed by atoms with Crippen LogP contribution in [0.5, 0.6) is 5.88 Å². The van der Waals surface area contributed by atoms with E-state index in [1.807, 2.05) is 4.98 Å². The molecule has 4 N–H and O–H groups in total. The number of aliphatic imine (C=N–C) groups is 1. The number of hydrogen-bond acceptors (Lipinski definition) is 6. The summed E-state index contributed by atoms with van der Waals surface area (Å²) < 4.78 is 1.27. The predicted octanol–water partition coefficient (Wildman–Crippen LogP) is 0.728. The van der Waals surface area contributed by atoms with Gasteiger partial charge < -0.3 is 10.1 Å². The normalized spacial score (nSPS) is 11.0. The van der Waals surface area contributed by atoms with Crippen molar-refractivity contribution in [2.24, 2.45) is 4.99 Å². The third-order valence-electron chi connectivity index (χ3n) is 3.27. The van der Waals surface area contributed by atoms with Crippen molar-refractivity contribution in [1.82, 2.24) is 19.5 Å². The first kappa shape index (κ1) is 16.3. The zero-order valence-electron chi connectivity index (χ0n) is 12.5. The van der Waals surface area contributed by atoms with Gasteiger partial charge in [0.05, 0.1) is 5.69 Å². The number of nitrogens with zero attached hydrogens (tertiary/aromatic N) is 2. The van der Waals surface area contributed by atoms with Crippen LogP contribution in [-0.2, 0) is 0 Å². The Morgan fingerprint density at radius 1 is 1.08 bits per heavy atom. The van der Waals surface area contributed by atoms with E-state index in [0.29, 0.717) is 5.69 Å². The van der Waals surface area contributed by atoms with Crippen LogP contribution in [0.3, 0.4) is 0 Å². The van der Waals surface area contributed by atoms with Crippen LogP contribution in [0.1, 0.15) is 5.56 Å². The van der Waals surface area contributed by atoms with Crippen LogP contribution < -0.4 is 16.8 Å². The summed E-state index contributed by atoms with van der Waals surface area (Å²) in [5, 5.41) is 10.4. The first-order valence-corrected chi connectivity index (χ1v) is 7.38. The van der Waals surface area contributed by atoms with E-state index in [2.05, 4.69) is 15.0 Å². The Labute approximate surface area is 144 Å². The maximum Gasteiger partial charge on any atom is 0.325 e. The Morgan fingerprint density at radius 3 is 2.48 bits per heavy atom. The number of para-hydroxylation sites is 1. The van der Waals surface area contributed by atoms with Gasteiger partial charge in [-0.25, -0.2) is 9.79 Å². The van der Waals surface area contributed by atoms with Gasteiger partial charge in [-0.2, -0.15) is 0 Å². The minimum Gasteiger partial charge on any atom is -0.494 e. The van der Waals surface area contributed by atoms with Crippen molar-refractivity contribution in [3.63, 3.8) is 0 Å². The number of benzene rings is 1. The molecule has 0 unspecified atom stereocenters. The molecule has 25 heavy (non-hydrogen) atoms. The fourth-order valence-electron chi connectivity index (χ4n) is 2.10. The van der Waals surface area contributed by atoms with Gasteiger partial charge in [-0.05, 0) is 24.4 Å². The molecule has 126 valence electrons. The van der Waals surface area contributed by atoms with Crippen LogP contribution >= 0.6 is 12.2 Å². The molecule has 0 amide bonds. The van der Waals surface area contributed by atoms with Crippen LogP contribution in [-0.4, -0.2) is 30.8 Å². The van der Waals surface area contributed by atoms with Crippen LogP contribution in [0, 0.1) is 4.77 Å². The molecule has 0 aliphatic rings. The SMILES string of the molecule is O=c1[nH]cc(N=Cc2c(O)n(-c3ccccc3)c(=S)[nH]c2=O)c(=O)[nH]1. The summed E-state index contributed by atoms with van der Waals surface area (Å²) >= 11 is 5.09. The zero-order chi connectivity index (χ0) is 18.0. The first-order valence-electron chi connectivity index (χ1n) is 6.97. The van der Waals surface area contributed by atoms with Crippen LogP contribution in [0.25, 0.3) is 5.69 Å². The van der Waals surface area contributed by atoms with E-state index in [9.17, 15) is 19.5 Å². The smallest absolute Gasteiger partial charge is 0.325 e. The summed E-state index contributed by atoms with van der Waals surface area (Å²) in [6.07, 6.45) is 2.11.